The minimum atomic E-state index is -3.87. The van der Waals surface area contributed by atoms with Gasteiger partial charge < -0.3 is 0 Å². The molecule has 2 aliphatic heterocycles. The average Bonchev–Trinajstić information content (AvgIpc) is 3.36. The van der Waals surface area contributed by atoms with Gasteiger partial charge in [0.25, 0.3) is 11.4 Å². The van der Waals surface area contributed by atoms with Crippen molar-refractivity contribution in [2.75, 3.05) is 13.1 Å². The molecule has 0 N–H and O–H groups in total. The summed E-state index contributed by atoms with van der Waals surface area (Å²) in [4.78, 5) is 25.4. The SMILES string of the molecule is O=[N+]([O-])c1ccc(C2ON2S(=O)(=O)N2CCCCC2)c([N+](=O)[O-])c1. The van der Waals surface area contributed by atoms with Gasteiger partial charge in [0, 0.05) is 19.2 Å². The number of nitro groups is 2. The minimum Gasteiger partial charge on any atom is -0.258 e. The van der Waals surface area contributed by atoms with E-state index in [0.717, 1.165) is 37.5 Å². The van der Waals surface area contributed by atoms with Crippen LogP contribution in [0.2, 0.25) is 0 Å². The third-order valence-electron chi connectivity index (χ3n) is 3.91. The van der Waals surface area contributed by atoms with E-state index in [0.29, 0.717) is 17.6 Å². The fourth-order valence-electron chi connectivity index (χ4n) is 2.64. The Morgan fingerprint density at radius 2 is 1.75 bits per heavy atom. The molecule has 12 heteroatoms. The summed E-state index contributed by atoms with van der Waals surface area (Å²) in [5.74, 6) is 0. The van der Waals surface area contributed by atoms with Gasteiger partial charge in [-0.05, 0) is 23.4 Å². The van der Waals surface area contributed by atoms with E-state index in [2.05, 4.69) is 0 Å². The predicted molar refractivity (Wildman–Crippen MR) is 79.8 cm³/mol. The number of piperidine rings is 1. The summed E-state index contributed by atoms with van der Waals surface area (Å²) in [6, 6.07) is 3.02. The highest BCUT2D eigenvalue weighted by Crippen LogP contribution is 2.45. The van der Waals surface area contributed by atoms with Gasteiger partial charge in [-0.2, -0.15) is 12.7 Å². The fraction of sp³-hybridized carbons (Fsp3) is 0.500. The summed E-state index contributed by atoms with van der Waals surface area (Å²) in [6.07, 6.45) is 1.30. The first-order valence-corrected chi connectivity index (χ1v) is 8.61. The van der Waals surface area contributed by atoms with E-state index in [1.165, 1.54) is 4.31 Å². The first-order chi connectivity index (χ1) is 11.3. The number of nitrogens with zero attached hydrogens (tertiary/aromatic N) is 4. The Morgan fingerprint density at radius 3 is 2.33 bits per heavy atom. The molecule has 24 heavy (non-hydrogen) atoms. The number of nitro benzene ring substituents is 2. The van der Waals surface area contributed by atoms with Gasteiger partial charge in [-0.3, -0.25) is 25.1 Å². The van der Waals surface area contributed by atoms with Crippen LogP contribution in [0.4, 0.5) is 11.4 Å². The molecule has 0 saturated carbocycles. The number of benzene rings is 1. The Morgan fingerprint density at radius 1 is 1.08 bits per heavy atom. The molecule has 0 amide bonds. The smallest absolute Gasteiger partial charge is 0.258 e. The van der Waals surface area contributed by atoms with Crippen LogP contribution in [0, 0.1) is 20.2 Å². The van der Waals surface area contributed by atoms with Gasteiger partial charge in [0.2, 0.25) is 6.23 Å². The lowest BCUT2D eigenvalue weighted by atomic mass is 10.1. The second kappa shape index (κ2) is 6.05. The van der Waals surface area contributed by atoms with Crippen molar-refractivity contribution < 1.29 is 23.1 Å². The van der Waals surface area contributed by atoms with Crippen LogP contribution in [0.3, 0.4) is 0 Å². The first kappa shape index (κ1) is 16.7. The largest absolute Gasteiger partial charge is 0.307 e. The number of hydrogen-bond donors (Lipinski definition) is 0. The maximum Gasteiger partial charge on any atom is 0.307 e. The lowest BCUT2D eigenvalue weighted by molar-refractivity contribution is -0.394. The van der Waals surface area contributed by atoms with Gasteiger partial charge in [0.15, 0.2) is 0 Å². The highest BCUT2D eigenvalue weighted by molar-refractivity contribution is 7.86. The van der Waals surface area contributed by atoms with E-state index in [-0.39, 0.29) is 5.56 Å². The zero-order valence-corrected chi connectivity index (χ0v) is 13.2. The van der Waals surface area contributed by atoms with Crippen LogP contribution >= 0.6 is 0 Å². The lowest BCUT2D eigenvalue weighted by Crippen LogP contribution is -2.39. The van der Waals surface area contributed by atoms with Crippen molar-refractivity contribution >= 4 is 21.6 Å². The van der Waals surface area contributed by atoms with E-state index in [9.17, 15) is 28.6 Å². The zero-order chi connectivity index (χ0) is 17.5. The molecule has 2 fully saturated rings. The second-order valence-electron chi connectivity index (χ2n) is 5.44. The van der Waals surface area contributed by atoms with Gasteiger partial charge in [-0.25, -0.2) is 0 Å². The van der Waals surface area contributed by atoms with Crippen molar-refractivity contribution in [3.63, 3.8) is 0 Å². The molecule has 1 aromatic rings. The molecule has 0 radical (unpaired) electrons. The quantitative estimate of drug-likeness (QED) is 0.441. The van der Waals surface area contributed by atoms with E-state index in [1.54, 1.807) is 0 Å². The van der Waals surface area contributed by atoms with Crippen LogP contribution in [0.15, 0.2) is 18.2 Å². The molecular formula is C12H14N4O7S. The summed E-state index contributed by atoms with van der Waals surface area (Å²) in [7, 11) is -3.87. The average molecular weight is 358 g/mol. The van der Waals surface area contributed by atoms with E-state index < -0.39 is 37.7 Å². The van der Waals surface area contributed by atoms with Crippen LogP contribution in [0.5, 0.6) is 0 Å². The van der Waals surface area contributed by atoms with Crippen molar-refractivity contribution in [2.45, 2.75) is 25.5 Å². The van der Waals surface area contributed by atoms with E-state index in [4.69, 9.17) is 4.84 Å². The third kappa shape index (κ3) is 2.96. The number of rotatable bonds is 5. The van der Waals surface area contributed by atoms with Crippen molar-refractivity contribution in [2.24, 2.45) is 0 Å². The molecule has 1 aromatic carbocycles. The first-order valence-electron chi connectivity index (χ1n) is 7.21. The highest BCUT2D eigenvalue weighted by Gasteiger charge is 2.53. The molecule has 0 spiro atoms. The monoisotopic (exact) mass is 358 g/mol. The van der Waals surface area contributed by atoms with E-state index >= 15 is 0 Å². The maximum absolute atomic E-state index is 12.4. The molecule has 11 nitrogen and oxygen atoms in total. The molecule has 2 aliphatic rings. The predicted octanol–water partition coefficient (Wildman–Crippen LogP) is 1.48. The normalized spacial score (nSPS) is 24.5. The Labute approximate surface area is 136 Å². The van der Waals surface area contributed by atoms with E-state index in [1.807, 2.05) is 0 Å². The molecule has 0 aromatic heterocycles. The van der Waals surface area contributed by atoms with Gasteiger partial charge >= 0.3 is 10.2 Å². The van der Waals surface area contributed by atoms with Crippen molar-refractivity contribution in [1.82, 2.24) is 8.77 Å². The number of hydrogen-bond acceptors (Lipinski definition) is 7. The van der Waals surface area contributed by atoms with Crippen LogP contribution in [0.25, 0.3) is 0 Å². The standard InChI is InChI=1S/C12H14N4O7S/c17-14(18)9-4-5-10(11(8-9)15(19)20)12-16(23-12)24(21,22)13-6-2-1-3-7-13/h4-5,8,12H,1-3,6-7H2. The van der Waals surface area contributed by atoms with Crippen LogP contribution in [-0.2, 0) is 15.0 Å². The molecule has 0 bridgehead atoms. The molecule has 2 unspecified atom stereocenters. The van der Waals surface area contributed by atoms with Crippen molar-refractivity contribution in [3.05, 3.63) is 44.0 Å². The number of non-ortho nitro benzene ring substituents is 1. The summed E-state index contributed by atoms with van der Waals surface area (Å²) in [5.41, 5.74) is -1.03. The van der Waals surface area contributed by atoms with Gasteiger partial charge in [-0.15, -0.1) is 0 Å². The summed E-state index contributed by atoms with van der Waals surface area (Å²) in [6.45, 7) is 0.745. The van der Waals surface area contributed by atoms with Gasteiger partial charge in [-0.1, -0.05) is 6.42 Å². The van der Waals surface area contributed by atoms with Crippen molar-refractivity contribution in [3.8, 4) is 0 Å². The highest BCUT2D eigenvalue weighted by atomic mass is 32.2. The topological polar surface area (TPSA) is 139 Å². The zero-order valence-electron chi connectivity index (χ0n) is 12.4. The lowest BCUT2D eigenvalue weighted by Gasteiger charge is -2.24. The molecular weight excluding hydrogens is 344 g/mol. The Balaban J connectivity index is 1.86. The minimum absolute atomic E-state index is 0.0359. The molecule has 2 atom stereocenters. The molecule has 2 saturated heterocycles. The molecule has 130 valence electrons. The third-order valence-corrected chi connectivity index (χ3v) is 5.66. The van der Waals surface area contributed by atoms with Gasteiger partial charge in [0.05, 0.1) is 21.5 Å². The molecule has 2 heterocycles. The number of hydroxylamine groups is 1. The Bertz CT molecular complexity index is 791. The van der Waals surface area contributed by atoms with Gasteiger partial charge in [0.1, 0.15) is 0 Å². The molecule has 0 aliphatic carbocycles. The molecule has 3 rings (SSSR count). The van der Waals surface area contributed by atoms with Crippen LogP contribution in [0.1, 0.15) is 31.1 Å². The maximum atomic E-state index is 12.4. The summed E-state index contributed by atoms with van der Waals surface area (Å²) in [5, 5.41) is 21.9. The summed E-state index contributed by atoms with van der Waals surface area (Å²) >= 11 is 0. The van der Waals surface area contributed by atoms with Crippen LogP contribution in [-0.4, -0.2) is 40.1 Å². The second-order valence-corrected chi connectivity index (χ2v) is 7.21. The van der Waals surface area contributed by atoms with Crippen molar-refractivity contribution in [1.29, 1.82) is 0 Å². The summed E-state index contributed by atoms with van der Waals surface area (Å²) < 4.78 is 26.8. The Hall–Kier alpha value is -2.15. The Kier molecular flexibility index (Phi) is 4.21. The van der Waals surface area contributed by atoms with Crippen LogP contribution < -0.4 is 0 Å². The fourth-order valence-corrected chi connectivity index (χ4v) is 4.13.